The van der Waals surface area contributed by atoms with Crippen LogP contribution in [0.4, 0.5) is 5.69 Å². The zero-order valence-corrected chi connectivity index (χ0v) is 15.9. The molecule has 0 fully saturated rings. The Kier molecular flexibility index (Phi) is 8.32. The van der Waals surface area contributed by atoms with E-state index in [1.165, 1.54) is 12.5 Å². The van der Waals surface area contributed by atoms with Crippen LogP contribution in [0.15, 0.2) is 59.6 Å². The summed E-state index contributed by atoms with van der Waals surface area (Å²) < 4.78 is 0. The number of hydrogen-bond acceptors (Lipinski definition) is 3. The van der Waals surface area contributed by atoms with Gasteiger partial charge in [-0.3, -0.25) is 9.79 Å². The van der Waals surface area contributed by atoms with E-state index in [9.17, 15) is 9.90 Å². The third-order valence-electron chi connectivity index (χ3n) is 4.21. The number of aliphatic hydroxyl groups excluding tert-OH is 1. The van der Waals surface area contributed by atoms with Crippen LogP contribution in [0, 0.1) is 0 Å². The molecule has 2 rings (SSSR count). The van der Waals surface area contributed by atoms with Gasteiger partial charge in [0.25, 0.3) is 0 Å². The first-order chi connectivity index (χ1) is 13.1. The summed E-state index contributed by atoms with van der Waals surface area (Å²) in [5, 5.41) is 18.9. The van der Waals surface area contributed by atoms with Gasteiger partial charge in [0.15, 0.2) is 5.96 Å². The van der Waals surface area contributed by atoms with Gasteiger partial charge in [0, 0.05) is 38.7 Å². The monoisotopic (exact) mass is 368 g/mol. The van der Waals surface area contributed by atoms with Crippen molar-refractivity contribution in [1.29, 1.82) is 0 Å². The molecule has 0 saturated carbocycles. The molecule has 144 valence electrons. The number of amides is 1. The highest BCUT2D eigenvalue weighted by Gasteiger charge is 2.10. The van der Waals surface area contributed by atoms with Gasteiger partial charge in [-0.1, -0.05) is 42.5 Å². The number of aliphatic hydroxyl groups is 1. The summed E-state index contributed by atoms with van der Waals surface area (Å²) in [6, 6.07) is 17.7. The van der Waals surface area contributed by atoms with Crippen LogP contribution < -0.4 is 16.0 Å². The van der Waals surface area contributed by atoms with Crippen LogP contribution in [0.2, 0.25) is 0 Å². The average Bonchev–Trinajstić information content (AvgIpc) is 2.68. The van der Waals surface area contributed by atoms with E-state index in [2.05, 4.69) is 20.9 Å². The van der Waals surface area contributed by atoms with E-state index in [4.69, 9.17) is 0 Å². The molecule has 1 amide bonds. The van der Waals surface area contributed by atoms with Gasteiger partial charge >= 0.3 is 0 Å². The van der Waals surface area contributed by atoms with E-state index in [0.29, 0.717) is 12.5 Å². The highest BCUT2D eigenvalue weighted by atomic mass is 16.3. The summed E-state index contributed by atoms with van der Waals surface area (Å²) in [6.07, 6.45) is 0.836. The molecule has 1 atom stereocenters. The van der Waals surface area contributed by atoms with Crippen LogP contribution in [0.3, 0.4) is 0 Å². The molecule has 0 bridgehead atoms. The molecule has 0 radical (unpaired) electrons. The molecule has 2 aromatic carbocycles. The number of carbonyl (C=O) groups is 1. The molecule has 6 heteroatoms. The predicted octanol–water partition coefficient (Wildman–Crippen LogP) is 2.13. The molecule has 0 aromatic heterocycles. The lowest BCUT2D eigenvalue weighted by Gasteiger charge is -2.18. The molecular formula is C21H28N4O2. The second-order valence-corrected chi connectivity index (χ2v) is 6.30. The minimum absolute atomic E-state index is 0.0195. The van der Waals surface area contributed by atoms with E-state index in [-0.39, 0.29) is 18.4 Å². The van der Waals surface area contributed by atoms with Crippen LogP contribution in [-0.4, -0.2) is 43.7 Å². The number of guanidine groups is 1. The molecule has 4 N–H and O–H groups in total. The van der Waals surface area contributed by atoms with Crippen LogP contribution in [-0.2, 0) is 11.2 Å². The van der Waals surface area contributed by atoms with Crippen molar-refractivity contribution in [3.63, 3.8) is 0 Å². The summed E-state index contributed by atoms with van der Waals surface area (Å²) in [7, 11) is 1.73. The minimum Gasteiger partial charge on any atom is -0.396 e. The third kappa shape index (κ3) is 7.11. The number of benzene rings is 2. The van der Waals surface area contributed by atoms with Crippen molar-refractivity contribution < 1.29 is 9.90 Å². The van der Waals surface area contributed by atoms with Crippen molar-refractivity contribution in [2.75, 3.05) is 32.1 Å². The van der Waals surface area contributed by atoms with Gasteiger partial charge < -0.3 is 21.1 Å². The normalized spacial score (nSPS) is 12.3. The number of aliphatic imine (C=N–C) groups is 1. The van der Waals surface area contributed by atoms with E-state index < -0.39 is 0 Å². The minimum atomic E-state index is -0.0732. The van der Waals surface area contributed by atoms with Crippen molar-refractivity contribution in [2.45, 2.75) is 19.3 Å². The standard InChI is InChI=1S/C21H28N4O2/c1-16(27)25-20-10-8-17(9-11-20)12-13-23-21(22-2)24-14-19(15-26)18-6-4-3-5-7-18/h3-11,19,26H,12-15H2,1-2H3,(H,25,27)(H2,22,23,24). The molecule has 0 heterocycles. The van der Waals surface area contributed by atoms with E-state index in [1.807, 2.05) is 54.6 Å². The van der Waals surface area contributed by atoms with Gasteiger partial charge in [-0.2, -0.15) is 0 Å². The van der Waals surface area contributed by atoms with Crippen molar-refractivity contribution in [3.05, 3.63) is 65.7 Å². The van der Waals surface area contributed by atoms with Crippen molar-refractivity contribution in [1.82, 2.24) is 10.6 Å². The maximum absolute atomic E-state index is 11.0. The van der Waals surface area contributed by atoms with Gasteiger partial charge in [0.2, 0.25) is 5.91 Å². The van der Waals surface area contributed by atoms with E-state index in [1.54, 1.807) is 7.05 Å². The molecule has 1 unspecified atom stereocenters. The molecule has 0 aliphatic heterocycles. The first-order valence-electron chi connectivity index (χ1n) is 9.09. The Balaban J connectivity index is 1.77. The van der Waals surface area contributed by atoms with Crippen molar-refractivity contribution >= 4 is 17.6 Å². The highest BCUT2D eigenvalue weighted by molar-refractivity contribution is 5.88. The second-order valence-electron chi connectivity index (χ2n) is 6.30. The first-order valence-corrected chi connectivity index (χ1v) is 9.09. The Hall–Kier alpha value is -2.86. The Bertz CT molecular complexity index is 730. The summed E-state index contributed by atoms with van der Waals surface area (Å²) in [5.41, 5.74) is 3.07. The Morgan fingerprint density at radius 3 is 2.37 bits per heavy atom. The maximum Gasteiger partial charge on any atom is 0.221 e. The molecule has 0 saturated heterocycles. The average molecular weight is 368 g/mol. The lowest BCUT2D eigenvalue weighted by atomic mass is 10.0. The summed E-state index contributed by atoms with van der Waals surface area (Å²) in [5.74, 6) is 0.654. The third-order valence-corrected chi connectivity index (χ3v) is 4.21. The Labute approximate surface area is 160 Å². The van der Waals surface area contributed by atoms with Gasteiger partial charge in [-0.15, -0.1) is 0 Å². The fourth-order valence-electron chi connectivity index (χ4n) is 2.74. The predicted molar refractivity (Wildman–Crippen MR) is 110 cm³/mol. The molecule has 0 spiro atoms. The van der Waals surface area contributed by atoms with Crippen molar-refractivity contribution in [2.24, 2.45) is 4.99 Å². The Morgan fingerprint density at radius 1 is 1.07 bits per heavy atom. The number of hydrogen-bond donors (Lipinski definition) is 4. The van der Waals surface area contributed by atoms with Gasteiger partial charge in [-0.25, -0.2) is 0 Å². The van der Waals surface area contributed by atoms with Gasteiger partial charge in [0.05, 0.1) is 6.61 Å². The summed E-state index contributed by atoms with van der Waals surface area (Å²) >= 11 is 0. The quantitative estimate of drug-likeness (QED) is 0.425. The topological polar surface area (TPSA) is 85.8 Å². The number of anilines is 1. The SMILES string of the molecule is CN=C(NCCc1ccc(NC(C)=O)cc1)NCC(CO)c1ccccc1. The van der Waals surface area contributed by atoms with Crippen LogP contribution in [0.1, 0.15) is 24.0 Å². The van der Waals surface area contributed by atoms with Crippen LogP contribution in [0.25, 0.3) is 0 Å². The van der Waals surface area contributed by atoms with Gasteiger partial charge in [0.1, 0.15) is 0 Å². The largest absolute Gasteiger partial charge is 0.396 e. The molecule has 27 heavy (non-hydrogen) atoms. The first kappa shape index (κ1) is 20.5. The van der Waals surface area contributed by atoms with E-state index in [0.717, 1.165) is 24.2 Å². The van der Waals surface area contributed by atoms with Crippen molar-refractivity contribution in [3.8, 4) is 0 Å². The number of rotatable bonds is 8. The maximum atomic E-state index is 11.0. The summed E-state index contributed by atoms with van der Waals surface area (Å²) in [4.78, 5) is 15.3. The Morgan fingerprint density at radius 2 is 1.78 bits per heavy atom. The molecule has 0 aliphatic carbocycles. The van der Waals surface area contributed by atoms with Crippen LogP contribution >= 0.6 is 0 Å². The highest BCUT2D eigenvalue weighted by Crippen LogP contribution is 2.13. The lowest BCUT2D eigenvalue weighted by Crippen LogP contribution is -2.40. The molecule has 6 nitrogen and oxygen atoms in total. The number of nitrogens with zero attached hydrogens (tertiary/aromatic N) is 1. The van der Waals surface area contributed by atoms with E-state index >= 15 is 0 Å². The fraction of sp³-hybridized carbons (Fsp3) is 0.333. The van der Waals surface area contributed by atoms with Gasteiger partial charge in [-0.05, 0) is 29.7 Å². The smallest absolute Gasteiger partial charge is 0.221 e. The molecule has 2 aromatic rings. The fourth-order valence-corrected chi connectivity index (χ4v) is 2.74. The lowest BCUT2D eigenvalue weighted by molar-refractivity contribution is -0.114. The zero-order chi connectivity index (χ0) is 19.5. The zero-order valence-electron chi connectivity index (χ0n) is 15.9. The molecule has 0 aliphatic rings. The number of nitrogens with one attached hydrogen (secondary N) is 3. The van der Waals surface area contributed by atoms with Crippen LogP contribution in [0.5, 0.6) is 0 Å². The number of carbonyl (C=O) groups excluding carboxylic acids is 1. The summed E-state index contributed by atoms with van der Waals surface area (Å²) in [6.45, 7) is 2.91. The second kappa shape index (κ2) is 11.0. The molecular weight excluding hydrogens is 340 g/mol.